The number of esters is 1. The lowest BCUT2D eigenvalue weighted by atomic mass is 10.1. The number of anilines is 1. The van der Waals surface area contributed by atoms with Gasteiger partial charge in [0.2, 0.25) is 0 Å². The maximum atomic E-state index is 12.0. The average molecular weight is 403 g/mol. The van der Waals surface area contributed by atoms with Crippen molar-refractivity contribution in [3.05, 3.63) is 71.2 Å². The van der Waals surface area contributed by atoms with Crippen LogP contribution >= 0.6 is 0 Å². The summed E-state index contributed by atoms with van der Waals surface area (Å²) in [5, 5.41) is 8.97. The van der Waals surface area contributed by atoms with Crippen LogP contribution < -0.4 is 10.3 Å². The Bertz CT molecular complexity index is 1120. The third kappa shape index (κ3) is 3.93. The summed E-state index contributed by atoms with van der Waals surface area (Å²) < 4.78 is 4.71. The van der Waals surface area contributed by atoms with Gasteiger partial charge in [0.25, 0.3) is 5.91 Å². The average Bonchev–Trinajstić information content (AvgIpc) is 3.23. The van der Waals surface area contributed by atoms with Crippen molar-refractivity contribution in [2.75, 3.05) is 25.7 Å². The number of pyridine rings is 1. The van der Waals surface area contributed by atoms with Crippen molar-refractivity contribution in [1.29, 1.82) is 0 Å². The minimum Gasteiger partial charge on any atom is -0.465 e. The number of aromatic nitrogens is 2. The van der Waals surface area contributed by atoms with Crippen LogP contribution in [0.1, 0.15) is 32.1 Å². The van der Waals surface area contributed by atoms with Crippen LogP contribution in [-0.4, -0.2) is 48.8 Å². The Balaban J connectivity index is 1.51. The van der Waals surface area contributed by atoms with Crippen molar-refractivity contribution in [2.45, 2.75) is 6.42 Å². The summed E-state index contributed by atoms with van der Waals surface area (Å²) in [6.07, 6.45) is 4.16. The highest BCUT2D eigenvalue weighted by molar-refractivity contribution is 5.98. The van der Waals surface area contributed by atoms with Crippen LogP contribution in [-0.2, 0) is 11.2 Å². The predicted octanol–water partition coefficient (Wildman–Crippen LogP) is 2.62. The van der Waals surface area contributed by atoms with E-state index in [2.05, 4.69) is 20.4 Å². The molecule has 0 saturated heterocycles. The highest BCUT2D eigenvalue weighted by Crippen LogP contribution is 2.24. The van der Waals surface area contributed by atoms with Gasteiger partial charge in [-0.1, -0.05) is 0 Å². The standard InChI is InChI=1S/C22H21N5O3/c1-27(17-5-3-14(4-6-17)22(29)30-2)25-13-16-11-15(7-9-23-16)20-12-18-19(26-20)8-10-24-21(18)28/h3-7,9,11-13,26H,8,10H2,1-2H3,(H,24,28). The highest BCUT2D eigenvalue weighted by Gasteiger charge is 2.19. The number of aromatic amines is 1. The van der Waals surface area contributed by atoms with Gasteiger partial charge in [-0.3, -0.25) is 14.8 Å². The fraction of sp³-hybridized carbons (Fsp3) is 0.182. The second kappa shape index (κ2) is 8.20. The molecule has 0 fully saturated rings. The maximum absolute atomic E-state index is 12.0. The van der Waals surface area contributed by atoms with Gasteiger partial charge in [0, 0.05) is 43.2 Å². The number of ether oxygens (including phenoxy) is 1. The number of benzene rings is 1. The number of nitrogens with zero attached hydrogens (tertiary/aromatic N) is 3. The zero-order valence-electron chi connectivity index (χ0n) is 16.7. The lowest BCUT2D eigenvalue weighted by Gasteiger charge is -2.13. The number of amides is 1. The Morgan fingerprint density at radius 3 is 2.77 bits per heavy atom. The Hall–Kier alpha value is -3.94. The highest BCUT2D eigenvalue weighted by atomic mass is 16.5. The van der Waals surface area contributed by atoms with Crippen LogP contribution in [0.4, 0.5) is 5.69 Å². The van der Waals surface area contributed by atoms with E-state index in [0.717, 1.165) is 29.1 Å². The SMILES string of the molecule is COC(=O)c1ccc(N(C)N=Cc2cc(-c3cc4c([nH]3)CCNC4=O)ccn2)cc1. The Kier molecular flexibility index (Phi) is 5.30. The van der Waals surface area contributed by atoms with Gasteiger partial charge in [-0.15, -0.1) is 0 Å². The van der Waals surface area contributed by atoms with Crippen molar-refractivity contribution >= 4 is 23.8 Å². The summed E-state index contributed by atoms with van der Waals surface area (Å²) in [7, 11) is 3.16. The second-order valence-corrected chi connectivity index (χ2v) is 6.86. The molecule has 3 aromatic rings. The number of hydrogen-bond acceptors (Lipinski definition) is 6. The van der Waals surface area contributed by atoms with Crippen LogP contribution in [0.15, 0.2) is 53.8 Å². The minimum absolute atomic E-state index is 0.0468. The number of hydrazone groups is 1. The molecule has 152 valence electrons. The molecule has 8 nitrogen and oxygen atoms in total. The predicted molar refractivity (Wildman–Crippen MR) is 114 cm³/mol. The summed E-state index contributed by atoms with van der Waals surface area (Å²) in [6, 6.07) is 12.6. The zero-order chi connectivity index (χ0) is 21.1. The Morgan fingerprint density at radius 1 is 1.23 bits per heavy atom. The molecule has 2 aromatic heterocycles. The molecule has 0 aliphatic carbocycles. The second-order valence-electron chi connectivity index (χ2n) is 6.86. The van der Waals surface area contributed by atoms with Gasteiger partial charge in [-0.25, -0.2) is 4.79 Å². The number of carbonyl (C=O) groups is 2. The van der Waals surface area contributed by atoms with Crippen molar-refractivity contribution in [2.24, 2.45) is 5.10 Å². The van der Waals surface area contributed by atoms with Crippen molar-refractivity contribution in [3.8, 4) is 11.3 Å². The van der Waals surface area contributed by atoms with Crippen LogP contribution in [0.2, 0.25) is 0 Å². The van der Waals surface area contributed by atoms with E-state index in [4.69, 9.17) is 4.74 Å². The molecule has 1 aliphatic heterocycles. The zero-order valence-corrected chi connectivity index (χ0v) is 16.7. The Labute approximate surface area is 173 Å². The van der Waals surface area contributed by atoms with Gasteiger partial charge in [0.15, 0.2) is 0 Å². The topological polar surface area (TPSA) is 99.7 Å². The number of H-pyrrole nitrogens is 1. The molecule has 30 heavy (non-hydrogen) atoms. The molecule has 2 N–H and O–H groups in total. The van der Waals surface area contributed by atoms with E-state index in [-0.39, 0.29) is 11.9 Å². The van der Waals surface area contributed by atoms with E-state index in [1.165, 1.54) is 7.11 Å². The molecule has 3 heterocycles. The van der Waals surface area contributed by atoms with Gasteiger partial charge in [-0.2, -0.15) is 5.10 Å². The summed E-state index contributed by atoms with van der Waals surface area (Å²) >= 11 is 0. The first kappa shape index (κ1) is 19.4. The number of carbonyl (C=O) groups excluding carboxylic acids is 2. The smallest absolute Gasteiger partial charge is 0.337 e. The molecule has 0 atom stereocenters. The molecule has 0 spiro atoms. The first-order valence-corrected chi connectivity index (χ1v) is 9.48. The van der Waals surface area contributed by atoms with Crippen LogP contribution in [0.25, 0.3) is 11.3 Å². The number of nitrogens with one attached hydrogen (secondary N) is 2. The van der Waals surface area contributed by atoms with E-state index in [1.807, 2.05) is 25.2 Å². The van der Waals surface area contributed by atoms with E-state index in [9.17, 15) is 9.59 Å². The third-order valence-electron chi connectivity index (χ3n) is 4.92. The number of rotatable bonds is 5. The minimum atomic E-state index is -0.378. The van der Waals surface area contributed by atoms with Crippen LogP contribution in [0.5, 0.6) is 0 Å². The molecule has 0 bridgehead atoms. The Morgan fingerprint density at radius 2 is 2.03 bits per heavy atom. The molecular formula is C22H21N5O3. The maximum Gasteiger partial charge on any atom is 0.337 e. The van der Waals surface area contributed by atoms with E-state index < -0.39 is 0 Å². The van der Waals surface area contributed by atoms with Gasteiger partial charge >= 0.3 is 5.97 Å². The summed E-state index contributed by atoms with van der Waals surface area (Å²) in [4.78, 5) is 31.2. The molecule has 8 heteroatoms. The van der Waals surface area contributed by atoms with Gasteiger partial charge in [-0.05, 0) is 42.5 Å². The molecule has 1 amide bonds. The van der Waals surface area contributed by atoms with Crippen molar-refractivity contribution in [3.63, 3.8) is 0 Å². The quantitative estimate of drug-likeness (QED) is 0.388. The largest absolute Gasteiger partial charge is 0.465 e. The van der Waals surface area contributed by atoms with Gasteiger partial charge in [0.1, 0.15) is 0 Å². The van der Waals surface area contributed by atoms with Gasteiger partial charge in [0.05, 0.1) is 35.8 Å². The van der Waals surface area contributed by atoms with Crippen LogP contribution in [0.3, 0.4) is 0 Å². The number of fused-ring (bicyclic) bond motifs is 1. The number of hydrogen-bond donors (Lipinski definition) is 2. The molecule has 4 rings (SSSR count). The molecule has 0 saturated carbocycles. The molecule has 0 radical (unpaired) electrons. The molecule has 1 aromatic carbocycles. The molecule has 1 aliphatic rings. The first-order chi connectivity index (χ1) is 14.5. The van der Waals surface area contributed by atoms with E-state index >= 15 is 0 Å². The fourth-order valence-corrected chi connectivity index (χ4v) is 3.28. The van der Waals surface area contributed by atoms with Crippen molar-refractivity contribution in [1.82, 2.24) is 15.3 Å². The summed E-state index contributed by atoms with van der Waals surface area (Å²) in [5.41, 5.74) is 5.44. The normalized spacial score (nSPS) is 13.1. The first-order valence-electron chi connectivity index (χ1n) is 9.48. The van der Waals surface area contributed by atoms with E-state index in [1.54, 1.807) is 41.7 Å². The lowest BCUT2D eigenvalue weighted by molar-refractivity contribution is 0.0600. The summed E-state index contributed by atoms with van der Waals surface area (Å²) in [6.45, 7) is 0.646. The van der Waals surface area contributed by atoms with E-state index in [0.29, 0.717) is 23.4 Å². The fourth-order valence-electron chi connectivity index (χ4n) is 3.28. The number of methoxy groups -OCH3 is 1. The monoisotopic (exact) mass is 403 g/mol. The van der Waals surface area contributed by atoms with Crippen molar-refractivity contribution < 1.29 is 14.3 Å². The van der Waals surface area contributed by atoms with Gasteiger partial charge < -0.3 is 15.0 Å². The third-order valence-corrected chi connectivity index (χ3v) is 4.92. The molecule has 0 unspecified atom stereocenters. The lowest BCUT2D eigenvalue weighted by Crippen LogP contribution is -2.31. The van der Waals surface area contributed by atoms with Crippen LogP contribution in [0, 0.1) is 0 Å². The summed E-state index contributed by atoms with van der Waals surface area (Å²) in [5.74, 6) is -0.424. The molecular weight excluding hydrogens is 382 g/mol.